The Balaban J connectivity index is 1.86. The molecule has 98 valence electrons. The Kier molecular flexibility index (Phi) is 3.65. The second-order valence-corrected chi connectivity index (χ2v) is 6.72. The summed E-state index contributed by atoms with van der Waals surface area (Å²) in [5, 5.41) is 0. The van der Waals surface area contributed by atoms with E-state index in [-0.39, 0.29) is 0 Å². The zero-order chi connectivity index (χ0) is 13.2. The van der Waals surface area contributed by atoms with E-state index in [0.29, 0.717) is 0 Å². The minimum absolute atomic E-state index is 0.777. The molecule has 0 nitrogen and oxygen atoms in total. The molecule has 0 saturated heterocycles. The molecule has 0 atom stereocenters. The van der Waals surface area contributed by atoms with Gasteiger partial charge in [-0.25, -0.2) is 0 Å². The van der Waals surface area contributed by atoms with E-state index in [1.165, 1.54) is 28.0 Å². The highest BCUT2D eigenvalue weighted by Crippen LogP contribution is 2.38. The lowest BCUT2D eigenvalue weighted by Crippen LogP contribution is -1.94. The van der Waals surface area contributed by atoms with Gasteiger partial charge in [0.1, 0.15) is 0 Å². The van der Waals surface area contributed by atoms with E-state index < -0.39 is 0 Å². The molecule has 2 aromatic carbocycles. The maximum Gasteiger partial charge on any atom is 0.0187 e. The Labute approximate surface area is 120 Å². The highest BCUT2D eigenvalue weighted by atomic mass is 32.2. The van der Waals surface area contributed by atoms with Gasteiger partial charge in [-0.05, 0) is 45.9 Å². The monoisotopic (exact) mass is 268 g/mol. The molecule has 0 saturated carbocycles. The van der Waals surface area contributed by atoms with Crippen molar-refractivity contribution in [2.45, 2.75) is 26.0 Å². The first-order valence-corrected chi connectivity index (χ1v) is 8.18. The molecule has 0 spiro atoms. The molecule has 0 N–H and O–H groups in total. The van der Waals surface area contributed by atoms with Crippen molar-refractivity contribution >= 4 is 11.8 Å². The fourth-order valence-corrected chi connectivity index (χ4v) is 3.84. The van der Waals surface area contributed by atoms with Crippen LogP contribution in [0.3, 0.4) is 0 Å². The van der Waals surface area contributed by atoms with Crippen LogP contribution in [0.2, 0.25) is 0 Å². The standard InChI is InChI=1S/C18H20S/c1-13(2)11-19-12-15-7-5-9-17-16-8-4-3-6-14(16)10-18(15)17/h3-9,13H,10-12H2,1-2H3. The molecule has 0 fully saturated rings. The van der Waals surface area contributed by atoms with Crippen LogP contribution in [0.15, 0.2) is 42.5 Å². The van der Waals surface area contributed by atoms with Gasteiger partial charge < -0.3 is 0 Å². The summed E-state index contributed by atoms with van der Waals surface area (Å²) >= 11 is 2.06. The SMILES string of the molecule is CC(C)CSCc1cccc2c1Cc1ccccc1-2. The van der Waals surface area contributed by atoms with Crippen LogP contribution in [0.25, 0.3) is 11.1 Å². The van der Waals surface area contributed by atoms with Crippen LogP contribution < -0.4 is 0 Å². The minimum atomic E-state index is 0.777. The Morgan fingerprint density at radius 1 is 1.00 bits per heavy atom. The Morgan fingerprint density at radius 3 is 2.63 bits per heavy atom. The van der Waals surface area contributed by atoms with Crippen LogP contribution in [-0.4, -0.2) is 5.75 Å². The molecule has 0 bridgehead atoms. The fourth-order valence-electron chi connectivity index (χ4n) is 2.76. The fraction of sp³-hybridized carbons (Fsp3) is 0.333. The van der Waals surface area contributed by atoms with Gasteiger partial charge in [-0.1, -0.05) is 56.3 Å². The smallest absolute Gasteiger partial charge is 0.0187 e. The molecule has 2 aromatic rings. The Hall–Kier alpha value is -1.21. The zero-order valence-electron chi connectivity index (χ0n) is 11.6. The van der Waals surface area contributed by atoms with Gasteiger partial charge in [0.25, 0.3) is 0 Å². The molecule has 1 heteroatoms. The molecule has 19 heavy (non-hydrogen) atoms. The largest absolute Gasteiger partial charge is 0.157 e. The van der Waals surface area contributed by atoms with E-state index in [2.05, 4.69) is 68.1 Å². The van der Waals surface area contributed by atoms with Crippen molar-refractivity contribution < 1.29 is 0 Å². The summed E-state index contributed by atoms with van der Waals surface area (Å²) in [6, 6.07) is 15.6. The van der Waals surface area contributed by atoms with Gasteiger partial charge in [0.05, 0.1) is 0 Å². The van der Waals surface area contributed by atoms with E-state index in [1.54, 1.807) is 5.56 Å². The van der Waals surface area contributed by atoms with Gasteiger partial charge in [0, 0.05) is 5.75 Å². The maximum absolute atomic E-state index is 2.30. The molecule has 0 heterocycles. The molecule has 0 unspecified atom stereocenters. The normalized spacial score (nSPS) is 12.6. The number of hydrogen-bond acceptors (Lipinski definition) is 1. The first kappa shape index (κ1) is 12.8. The number of hydrogen-bond donors (Lipinski definition) is 0. The van der Waals surface area contributed by atoms with Crippen LogP contribution in [0, 0.1) is 5.92 Å². The van der Waals surface area contributed by atoms with Crippen molar-refractivity contribution in [3.8, 4) is 11.1 Å². The predicted octanol–water partition coefficient (Wildman–Crippen LogP) is 5.15. The number of benzene rings is 2. The third-order valence-electron chi connectivity index (χ3n) is 3.66. The quantitative estimate of drug-likeness (QED) is 0.631. The first-order valence-electron chi connectivity index (χ1n) is 7.02. The zero-order valence-corrected chi connectivity index (χ0v) is 12.5. The summed E-state index contributed by atoms with van der Waals surface area (Å²) < 4.78 is 0. The lowest BCUT2D eigenvalue weighted by molar-refractivity contribution is 0.750. The van der Waals surface area contributed by atoms with Crippen molar-refractivity contribution in [1.29, 1.82) is 0 Å². The summed E-state index contributed by atoms with van der Waals surface area (Å²) in [5.41, 5.74) is 7.46. The number of thioether (sulfide) groups is 1. The maximum atomic E-state index is 2.30. The average molecular weight is 268 g/mol. The topological polar surface area (TPSA) is 0 Å². The van der Waals surface area contributed by atoms with Gasteiger partial charge >= 0.3 is 0 Å². The molecule has 0 amide bonds. The van der Waals surface area contributed by atoms with Crippen LogP contribution in [-0.2, 0) is 12.2 Å². The third-order valence-corrected chi connectivity index (χ3v) is 5.07. The Morgan fingerprint density at radius 2 is 1.79 bits per heavy atom. The lowest BCUT2D eigenvalue weighted by Gasteiger charge is -2.09. The van der Waals surface area contributed by atoms with Crippen molar-refractivity contribution in [3.63, 3.8) is 0 Å². The van der Waals surface area contributed by atoms with E-state index in [9.17, 15) is 0 Å². The molecule has 1 aliphatic carbocycles. The highest BCUT2D eigenvalue weighted by Gasteiger charge is 2.19. The third kappa shape index (κ3) is 2.57. The lowest BCUT2D eigenvalue weighted by atomic mass is 10.0. The van der Waals surface area contributed by atoms with Gasteiger partial charge in [-0.15, -0.1) is 0 Å². The molecule has 0 radical (unpaired) electrons. The summed E-state index contributed by atoms with van der Waals surface area (Å²) in [5.74, 6) is 3.17. The van der Waals surface area contributed by atoms with Gasteiger partial charge in [-0.2, -0.15) is 11.8 Å². The van der Waals surface area contributed by atoms with E-state index in [0.717, 1.165) is 18.1 Å². The van der Waals surface area contributed by atoms with E-state index in [4.69, 9.17) is 0 Å². The van der Waals surface area contributed by atoms with Crippen LogP contribution in [0.4, 0.5) is 0 Å². The minimum Gasteiger partial charge on any atom is -0.157 e. The highest BCUT2D eigenvalue weighted by molar-refractivity contribution is 7.98. The first-order chi connectivity index (χ1) is 9.25. The molecular weight excluding hydrogens is 248 g/mol. The molecule has 0 aromatic heterocycles. The van der Waals surface area contributed by atoms with Gasteiger partial charge in [0.2, 0.25) is 0 Å². The summed E-state index contributed by atoms with van der Waals surface area (Å²) in [6.45, 7) is 4.58. The van der Waals surface area contributed by atoms with E-state index in [1.807, 2.05) is 0 Å². The van der Waals surface area contributed by atoms with Crippen molar-refractivity contribution in [3.05, 3.63) is 59.2 Å². The number of fused-ring (bicyclic) bond motifs is 3. The van der Waals surface area contributed by atoms with Gasteiger partial charge in [-0.3, -0.25) is 0 Å². The molecule has 0 aliphatic heterocycles. The van der Waals surface area contributed by atoms with E-state index >= 15 is 0 Å². The van der Waals surface area contributed by atoms with Crippen molar-refractivity contribution in [2.75, 3.05) is 5.75 Å². The predicted molar refractivity (Wildman–Crippen MR) is 85.7 cm³/mol. The van der Waals surface area contributed by atoms with Gasteiger partial charge in [0.15, 0.2) is 0 Å². The molecule has 3 rings (SSSR count). The van der Waals surface area contributed by atoms with Crippen LogP contribution in [0.1, 0.15) is 30.5 Å². The van der Waals surface area contributed by atoms with Crippen molar-refractivity contribution in [1.82, 2.24) is 0 Å². The summed E-state index contributed by atoms with van der Waals surface area (Å²) in [4.78, 5) is 0. The van der Waals surface area contributed by atoms with Crippen molar-refractivity contribution in [2.24, 2.45) is 5.92 Å². The molecule has 1 aliphatic rings. The second-order valence-electron chi connectivity index (χ2n) is 5.69. The second kappa shape index (κ2) is 5.42. The Bertz CT molecular complexity index is 584. The van der Waals surface area contributed by atoms with Crippen LogP contribution >= 0.6 is 11.8 Å². The summed E-state index contributed by atoms with van der Waals surface area (Å²) in [6.07, 6.45) is 1.11. The van der Waals surface area contributed by atoms with Crippen LogP contribution in [0.5, 0.6) is 0 Å². The average Bonchev–Trinajstić information content (AvgIpc) is 2.78. The summed E-state index contributed by atoms with van der Waals surface area (Å²) in [7, 11) is 0. The molecular formula is C18H20S. The number of rotatable bonds is 4.